The van der Waals surface area contributed by atoms with Gasteiger partial charge in [0, 0.05) is 13.5 Å². The lowest BCUT2D eigenvalue weighted by molar-refractivity contribution is -0.201. The third-order valence-corrected chi connectivity index (χ3v) is 6.03. The van der Waals surface area contributed by atoms with Crippen LogP contribution < -0.4 is 5.73 Å². The summed E-state index contributed by atoms with van der Waals surface area (Å²) in [5, 5.41) is 39.6. The number of anilines is 1. The van der Waals surface area contributed by atoms with Gasteiger partial charge in [0.05, 0.1) is 12.9 Å². The van der Waals surface area contributed by atoms with E-state index in [1.807, 2.05) is 0 Å². The lowest BCUT2D eigenvalue weighted by Crippen LogP contribution is -2.53. The van der Waals surface area contributed by atoms with Gasteiger partial charge in [0.1, 0.15) is 29.5 Å². The number of fused-ring (bicyclic) bond motifs is 1. The van der Waals surface area contributed by atoms with E-state index in [1.54, 1.807) is 0 Å². The van der Waals surface area contributed by atoms with Gasteiger partial charge in [0.2, 0.25) is 5.28 Å². The molecule has 4 rings (SSSR count). The van der Waals surface area contributed by atoms with Crippen molar-refractivity contribution in [2.45, 2.75) is 42.7 Å². The minimum atomic E-state index is -2.96. The highest BCUT2D eigenvalue weighted by Crippen LogP contribution is 2.36. The van der Waals surface area contributed by atoms with Crippen LogP contribution in [0, 0.1) is 0 Å². The Labute approximate surface area is 210 Å². The number of rotatable bonds is 9. The molecule has 0 radical (unpaired) electrons. The first kappa shape index (κ1) is 26.4. The first-order valence-electron chi connectivity index (χ1n) is 10.4. The van der Waals surface area contributed by atoms with Gasteiger partial charge in [-0.05, 0) is 17.7 Å². The number of hydroxylamine groups is 2. The maximum atomic E-state index is 15.0. The summed E-state index contributed by atoms with van der Waals surface area (Å²) in [6, 6.07) is 0. The van der Waals surface area contributed by atoms with E-state index in [0.29, 0.717) is 0 Å². The van der Waals surface area contributed by atoms with E-state index in [9.17, 15) is 29.7 Å². The summed E-state index contributed by atoms with van der Waals surface area (Å²) >= 11 is 5.81. The van der Waals surface area contributed by atoms with E-state index in [2.05, 4.69) is 15.0 Å². The molecule has 1 fully saturated rings. The molecule has 0 saturated carbocycles. The van der Waals surface area contributed by atoms with E-state index in [4.69, 9.17) is 36.8 Å². The van der Waals surface area contributed by atoms with Gasteiger partial charge in [-0.15, -0.1) is 0 Å². The normalized spacial score (nSPS) is 26.0. The number of nitrogen functional groups attached to an aromatic ring is 1. The fraction of sp³-hybridized carbons (Fsp3) is 0.474. The second kappa shape index (κ2) is 9.67. The number of carbonyl (C=O) groups is 3. The number of hydrogen-bond donors (Lipinski definition) is 5. The molecule has 1 saturated heterocycles. The van der Waals surface area contributed by atoms with Crippen LogP contribution in [0.1, 0.15) is 12.6 Å². The monoisotopic (exact) mass is 546 g/mol. The molecule has 2 aromatic heterocycles. The summed E-state index contributed by atoms with van der Waals surface area (Å²) in [5.74, 6) is -5.35. The zero-order valence-electron chi connectivity index (χ0n) is 18.8. The van der Waals surface area contributed by atoms with Crippen molar-refractivity contribution >= 4 is 46.5 Å². The van der Waals surface area contributed by atoms with Crippen LogP contribution in [0.4, 0.5) is 10.2 Å². The number of ether oxygens (including phenoxy) is 2. The quantitative estimate of drug-likeness (QED) is 0.191. The number of aliphatic carboxylic acids is 3. The Morgan fingerprint density at radius 2 is 1.95 bits per heavy atom. The van der Waals surface area contributed by atoms with Crippen molar-refractivity contribution in [1.82, 2.24) is 24.6 Å². The molecule has 0 amide bonds. The van der Waals surface area contributed by atoms with E-state index >= 15 is 4.39 Å². The standard InChI is InChI=1S/C19H20ClFN6O10/c1-26-7(15(29)30)2-6(37-26)3-19(16(31)32,17(33)34)35-4-8-11(28)9(21)14(36-8)27-5-23-10-12(22)24-18(20)25-13(10)27/h2,5-6,8-9,11,14,28H,3-4H2,1H3,(H,29,30)(H,31,32)(H,33,34)(H2,22,24,25)/t6?,8-,9+,11-,14-/m1/s1. The summed E-state index contributed by atoms with van der Waals surface area (Å²) in [6.45, 7) is -0.876. The third-order valence-electron chi connectivity index (χ3n) is 5.86. The lowest BCUT2D eigenvalue weighted by atomic mass is 9.95. The van der Waals surface area contributed by atoms with Crippen molar-refractivity contribution in [3.05, 3.63) is 23.4 Å². The van der Waals surface area contributed by atoms with Gasteiger partial charge in [0.15, 0.2) is 23.9 Å². The van der Waals surface area contributed by atoms with Gasteiger partial charge >= 0.3 is 17.9 Å². The van der Waals surface area contributed by atoms with E-state index in [1.165, 1.54) is 7.05 Å². The Morgan fingerprint density at radius 3 is 2.54 bits per heavy atom. The first-order chi connectivity index (χ1) is 17.4. The zero-order valence-corrected chi connectivity index (χ0v) is 19.5. The Bertz CT molecular complexity index is 1280. The van der Waals surface area contributed by atoms with Crippen LogP contribution in [0.15, 0.2) is 18.1 Å². The number of nitrogens with zero attached hydrogens (tertiary/aromatic N) is 5. The molecule has 6 N–H and O–H groups in total. The maximum absolute atomic E-state index is 15.0. The van der Waals surface area contributed by atoms with Crippen molar-refractivity contribution < 1.29 is 53.5 Å². The average molecular weight is 547 g/mol. The highest BCUT2D eigenvalue weighted by atomic mass is 35.5. The lowest BCUT2D eigenvalue weighted by Gasteiger charge is -2.29. The minimum Gasteiger partial charge on any atom is -0.479 e. The number of carboxylic acids is 3. The molecule has 0 aliphatic carbocycles. The average Bonchev–Trinajstić information content (AvgIpc) is 3.47. The number of aromatic nitrogens is 4. The maximum Gasteiger partial charge on any atom is 0.354 e. The smallest absolute Gasteiger partial charge is 0.354 e. The zero-order chi connectivity index (χ0) is 27.2. The highest BCUT2D eigenvalue weighted by molar-refractivity contribution is 6.28. The molecule has 0 aromatic carbocycles. The Kier molecular flexibility index (Phi) is 6.91. The fourth-order valence-corrected chi connectivity index (χ4v) is 4.16. The fourth-order valence-electron chi connectivity index (χ4n) is 3.99. The largest absolute Gasteiger partial charge is 0.479 e. The van der Waals surface area contributed by atoms with Crippen LogP contribution in [-0.2, 0) is 28.7 Å². The molecule has 1 unspecified atom stereocenters. The molecule has 2 aliphatic rings. The topological polar surface area (TPSA) is 233 Å². The van der Waals surface area contributed by atoms with Gasteiger partial charge in [-0.2, -0.15) is 9.97 Å². The molecule has 0 bridgehead atoms. The summed E-state index contributed by atoms with van der Waals surface area (Å²) in [5.41, 5.74) is 2.51. The second-order valence-corrected chi connectivity index (χ2v) is 8.49. The summed E-state index contributed by atoms with van der Waals surface area (Å²) in [4.78, 5) is 52.1. The molecule has 2 aromatic rings. The molecular weight excluding hydrogens is 527 g/mol. The number of aliphatic hydroxyl groups excluding tert-OH is 1. The summed E-state index contributed by atoms with van der Waals surface area (Å²) in [6.07, 6.45) is -7.04. The van der Waals surface area contributed by atoms with Crippen LogP contribution in [0.25, 0.3) is 11.2 Å². The summed E-state index contributed by atoms with van der Waals surface area (Å²) in [7, 11) is 1.24. The van der Waals surface area contributed by atoms with Gasteiger partial charge < -0.3 is 35.6 Å². The van der Waals surface area contributed by atoms with Gasteiger partial charge in [-0.3, -0.25) is 9.40 Å². The van der Waals surface area contributed by atoms with E-state index in [-0.39, 0.29) is 28.0 Å². The van der Waals surface area contributed by atoms with Crippen LogP contribution >= 0.6 is 11.6 Å². The van der Waals surface area contributed by atoms with Crippen molar-refractivity contribution in [2.75, 3.05) is 19.4 Å². The number of imidazole rings is 1. The van der Waals surface area contributed by atoms with Crippen molar-refractivity contribution in [2.24, 2.45) is 0 Å². The SMILES string of the molecule is CN1OC(CC(OC[C@H]2O[C@@H](n3cnc4c(N)nc(Cl)nc43)[C@@H](F)[C@@H]2O)(C(=O)O)C(=O)O)C=C1C(=O)O. The molecule has 2 aliphatic heterocycles. The van der Waals surface area contributed by atoms with Gasteiger partial charge in [0.25, 0.3) is 5.60 Å². The minimum absolute atomic E-state index is 0.00661. The number of halogens is 2. The van der Waals surface area contributed by atoms with Crippen molar-refractivity contribution in [1.29, 1.82) is 0 Å². The van der Waals surface area contributed by atoms with Crippen molar-refractivity contribution in [3.8, 4) is 0 Å². The molecule has 16 nitrogen and oxygen atoms in total. The number of likely N-dealkylation sites (N-methyl/N-ethyl adjacent to an activating group) is 1. The van der Waals surface area contributed by atoms with Gasteiger partial charge in [-0.25, -0.2) is 28.8 Å². The predicted molar refractivity (Wildman–Crippen MR) is 116 cm³/mol. The van der Waals surface area contributed by atoms with Crippen LogP contribution in [0.2, 0.25) is 5.28 Å². The van der Waals surface area contributed by atoms with Gasteiger partial charge in [-0.1, -0.05) is 0 Å². The Balaban J connectivity index is 1.55. The second-order valence-electron chi connectivity index (χ2n) is 8.15. The molecular formula is C19H20ClFN6O10. The number of nitrogens with two attached hydrogens (primary N) is 1. The van der Waals surface area contributed by atoms with Crippen molar-refractivity contribution in [3.63, 3.8) is 0 Å². The van der Waals surface area contributed by atoms with Crippen LogP contribution in [0.3, 0.4) is 0 Å². The molecule has 18 heteroatoms. The molecule has 200 valence electrons. The molecule has 0 spiro atoms. The molecule has 4 heterocycles. The number of hydrogen-bond acceptors (Lipinski definition) is 12. The Hall–Kier alpha value is -3.64. The number of aliphatic hydroxyl groups is 1. The molecule has 37 heavy (non-hydrogen) atoms. The van der Waals surface area contributed by atoms with E-state index in [0.717, 1.165) is 22.0 Å². The van der Waals surface area contributed by atoms with Crippen LogP contribution in [0.5, 0.6) is 0 Å². The summed E-state index contributed by atoms with van der Waals surface area (Å²) < 4.78 is 26.9. The molecule has 5 atom stereocenters. The Morgan fingerprint density at radius 1 is 1.27 bits per heavy atom. The van der Waals surface area contributed by atoms with Crippen LogP contribution in [-0.4, -0.2) is 107 Å². The third kappa shape index (κ3) is 4.62. The number of carboxylic acid groups (broad SMARTS) is 3. The highest BCUT2D eigenvalue weighted by Gasteiger charge is 2.53. The number of alkyl halides is 1. The predicted octanol–water partition coefficient (Wildman–Crippen LogP) is -0.813. The first-order valence-corrected chi connectivity index (χ1v) is 10.8. The van der Waals surface area contributed by atoms with E-state index < -0.39 is 67.2 Å².